The summed E-state index contributed by atoms with van der Waals surface area (Å²) in [6.45, 7) is 9.66. The van der Waals surface area contributed by atoms with E-state index in [4.69, 9.17) is 4.52 Å². The zero-order valence-corrected chi connectivity index (χ0v) is 14.0. The first-order valence-electron chi connectivity index (χ1n) is 8.23. The fourth-order valence-corrected chi connectivity index (χ4v) is 3.15. The summed E-state index contributed by atoms with van der Waals surface area (Å²) in [5.41, 5.74) is 4.91. The number of carbonyl (C=O) groups is 1. The van der Waals surface area contributed by atoms with Gasteiger partial charge in [0.25, 0.3) is 5.91 Å². The number of nitrogens with one attached hydrogen (secondary N) is 1. The Bertz CT molecular complexity index is 721. The third-order valence-corrected chi connectivity index (χ3v) is 4.45. The summed E-state index contributed by atoms with van der Waals surface area (Å²) < 4.78 is 5.28. The van der Waals surface area contributed by atoms with Gasteiger partial charge >= 0.3 is 0 Å². The highest BCUT2D eigenvalue weighted by Gasteiger charge is 2.22. The molecule has 1 aromatic heterocycles. The van der Waals surface area contributed by atoms with Crippen molar-refractivity contribution in [1.29, 1.82) is 0 Å². The highest BCUT2D eigenvalue weighted by Crippen LogP contribution is 2.30. The molecular formula is C18H23N3O2. The standard InChI is InChI=1S/C18H23N3O2/c1-4-19-18(22)17-16(12(3)23-20-17)14-6-7-15-11-21(5-2)9-8-13(15)10-14/h6-7,10H,4-5,8-9,11H2,1-3H3,(H,19,22). The molecule has 3 rings (SSSR count). The van der Waals surface area contributed by atoms with Crippen molar-refractivity contribution in [2.75, 3.05) is 19.6 Å². The van der Waals surface area contributed by atoms with Crippen LogP contribution in [0.15, 0.2) is 22.7 Å². The molecule has 1 amide bonds. The molecule has 0 saturated carbocycles. The molecule has 0 atom stereocenters. The number of aryl methyl sites for hydroxylation is 1. The van der Waals surface area contributed by atoms with Crippen molar-refractivity contribution in [3.8, 4) is 11.1 Å². The lowest BCUT2D eigenvalue weighted by Gasteiger charge is -2.27. The van der Waals surface area contributed by atoms with E-state index in [-0.39, 0.29) is 5.91 Å². The minimum Gasteiger partial charge on any atom is -0.360 e. The molecule has 0 spiro atoms. The molecule has 122 valence electrons. The number of hydrogen-bond donors (Lipinski definition) is 1. The fraction of sp³-hybridized carbons (Fsp3) is 0.444. The number of benzene rings is 1. The van der Waals surface area contributed by atoms with Gasteiger partial charge in [0.15, 0.2) is 5.69 Å². The number of hydrogen-bond acceptors (Lipinski definition) is 4. The third-order valence-electron chi connectivity index (χ3n) is 4.45. The fourth-order valence-electron chi connectivity index (χ4n) is 3.15. The zero-order valence-electron chi connectivity index (χ0n) is 14.0. The Morgan fingerprint density at radius 2 is 2.17 bits per heavy atom. The molecule has 1 N–H and O–H groups in total. The Morgan fingerprint density at radius 3 is 2.91 bits per heavy atom. The quantitative estimate of drug-likeness (QED) is 0.943. The van der Waals surface area contributed by atoms with Crippen molar-refractivity contribution in [2.45, 2.75) is 33.7 Å². The van der Waals surface area contributed by atoms with E-state index in [0.717, 1.165) is 37.2 Å². The van der Waals surface area contributed by atoms with Gasteiger partial charge in [-0.15, -0.1) is 0 Å². The molecule has 0 unspecified atom stereocenters. The lowest BCUT2D eigenvalue weighted by Crippen LogP contribution is -2.30. The molecule has 0 fully saturated rings. The largest absolute Gasteiger partial charge is 0.360 e. The highest BCUT2D eigenvalue weighted by atomic mass is 16.5. The molecule has 1 aromatic carbocycles. The van der Waals surface area contributed by atoms with Crippen LogP contribution in [-0.4, -0.2) is 35.6 Å². The molecule has 0 aliphatic carbocycles. The van der Waals surface area contributed by atoms with Crippen LogP contribution in [-0.2, 0) is 13.0 Å². The van der Waals surface area contributed by atoms with Crippen molar-refractivity contribution in [3.05, 3.63) is 40.8 Å². The Balaban J connectivity index is 1.97. The van der Waals surface area contributed by atoms with Gasteiger partial charge in [0, 0.05) is 19.6 Å². The summed E-state index contributed by atoms with van der Waals surface area (Å²) in [5.74, 6) is 0.492. The van der Waals surface area contributed by atoms with Crippen LogP contribution in [0.5, 0.6) is 0 Å². The number of amides is 1. The van der Waals surface area contributed by atoms with E-state index in [1.165, 1.54) is 11.1 Å². The number of carbonyl (C=O) groups excluding carboxylic acids is 1. The number of likely N-dealkylation sites (N-methyl/N-ethyl adjacent to an activating group) is 1. The van der Waals surface area contributed by atoms with E-state index in [0.29, 0.717) is 18.0 Å². The predicted octanol–water partition coefficient (Wildman–Crippen LogP) is 2.78. The second-order valence-corrected chi connectivity index (χ2v) is 5.92. The Labute approximate surface area is 136 Å². The van der Waals surface area contributed by atoms with Crippen LogP contribution >= 0.6 is 0 Å². The number of nitrogens with zero attached hydrogens (tertiary/aromatic N) is 2. The van der Waals surface area contributed by atoms with Gasteiger partial charge in [-0.25, -0.2) is 0 Å². The first-order valence-corrected chi connectivity index (χ1v) is 8.23. The van der Waals surface area contributed by atoms with Crippen LogP contribution in [0.25, 0.3) is 11.1 Å². The summed E-state index contributed by atoms with van der Waals surface area (Å²) >= 11 is 0. The maximum Gasteiger partial charge on any atom is 0.274 e. The second kappa shape index (κ2) is 6.54. The minimum absolute atomic E-state index is 0.186. The zero-order chi connectivity index (χ0) is 16.4. The van der Waals surface area contributed by atoms with Crippen LogP contribution in [0.3, 0.4) is 0 Å². The molecule has 5 nitrogen and oxygen atoms in total. The van der Waals surface area contributed by atoms with Crippen LogP contribution in [0.4, 0.5) is 0 Å². The lowest BCUT2D eigenvalue weighted by molar-refractivity contribution is 0.0947. The Morgan fingerprint density at radius 1 is 1.35 bits per heavy atom. The van der Waals surface area contributed by atoms with Gasteiger partial charge < -0.3 is 9.84 Å². The van der Waals surface area contributed by atoms with Crippen LogP contribution in [0, 0.1) is 6.92 Å². The highest BCUT2D eigenvalue weighted by molar-refractivity contribution is 5.99. The molecule has 0 bridgehead atoms. The molecule has 23 heavy (non-hydrogen) atoms. The first-order chi connectivity index (χ1) is 11.1. The minimum atomic E-state index is -0.186. The van der Waals surface area contributed by atoms with Gasteiger partial charge in [-0.3, -0.25) is 9.69 Å². The van der Waals surface area contributed by atoms with E-state index >= 15 is 0 Å². The molecule has 1 aliphatic rings. The van der Waals surface area contributed by atoms with E-state index in [1.54, 1.807) is 0 Å². The number of rotatable bonds is 4. The van der Waals surface area contributed by atoms with Crippen LogP contribution in [0.1, 0.15) is 41.2 Å². The summed E-state index contributed by atoms with van der Waals surface area (Å²) in [5, 5.41) is 6.75. The monoisotopic (exact) mass is 313 g/mol. The first kappa shape index (κ1) is 15.7. The van der Waals surface area contributed by atoms with Crippen molar-refractivity contribution < 1.29 is 9.32 Å². The van der Waals surface area contributed by atoms with E-state index in [1.807, 2.05) is 13.8 Å². The molecule has 2 heterocycles. The van der Waals surface area contributed by atoms with E-state index in [9.17, 15) is 4.79 Å². The molecular weight excluding hydrogens is 290 g/mol. The topological polar surface area (TPSA) is 58.4 Å². The Kier molecular flexibility index (Phi) is 4.48. The predicted molar refractivity (Wildman–Crippen MR) is 89.3 cm³/mol. The molecule has 2 aromatic rings. The number of aromatic nitrogens is 1. The average molecular weight is 313 g/mol. The summed E-state index contributed by atoms with van der Waals surface area (Å²) in [4.78, 5) is 14.6. The van der Waals surface area contributed by atoms with Gasteiger partial charge in [-0.05, 0) is 43.5 Å². The molecule has 5 heteroatoms. The van der Waals surface area contributed by atoms with Crippen molar-refractivity contribution in [1.82, 2.24) is 15.4 Å². The van der Waals surface area contributed by atoms with E-state index in [2.05, 4.69) is 40.5 Å². The van der Waals surface area contributed by atoms with E-state index < -0.39 is 0 Å². The van der Waals surface area contributed by atoms with Crippen molar-refractivity contribution in [3.63, 3.8) is 0 Å². The molecule has 0 saturated heterocycles. The Hall–Kier alpha value is -2.14. The van der Waals surface area contributed by atoms with Crippen LogP contribution in [0.2, 0.25) is 0 Å². The summed E-state index contributed by atoms with van der Waals surface area (Å²) in [6.07, 6.45) is 1.04. The lowest BCUT2D eigenvalue weighted by atomic mass is 9.93. The van der Waals surface area contributed by atoms with Gasteiger partial charge in [0.1, 0.15) is 5.76 Å². The molecule has 1 aliphatic heterocycles. The third kappa shape index (κ3) is 3.01. The summed E-state index contributed by atoms with van der Waals surface area (Å²) in [6, 6.07) is 6.42. The summed E-state index contributed by atoms with van der Waals surface area (Å²) in [7, 11) is 0. The van der Waals surface area contributed by atoms with Gasteiger partial charge in [0.2, 0.25) is 0 Å². The maximum atomic E-state index is 12.2. The van der Waals surface area contributed by atoms with Gasteiger partial charge in [-0.2, -0.15) is 0 Å². The smallest absolute Gasteiger partial charge is 0.274 e. The SMILES string of the molecule is CCNC(=O)c1noc(C)c1-c1ccc2c(c1)CCN(CC)C2. The van der Waals surface area contributed by atoms with Gasteiger partial charge in [-0.1, -0.05) is 30.3 Å². The maximum absolute atomic E-state index is 12.2. The van der Waals surface area contributed by atoms with Crippen molar-refractivity contribution >= 4 is 5.91 Å². The normalized spacial score (nSPS) is 14.6. The number of fused-ring (bicyclic) bond motifs is 1. The average Bonchev–Trinajstić information content (AvgIpc) is 2.95. The van der Waals surface area contributed by atoms with Crippen LogP contribution < -0.4 is 5.32 Å². The van der Waals surface area contributed by atoms with Gasteiger partial charge in [0.05, 0.1) is 5.56 Å². The second-order valence-electron chi connectivity index (χ2n) is 5.92. The molecule has 0 radical (unpaired) electrons. The van der Waals surface area contributed by atoms with Crippen molar-refractivity contribution in [2.24, 2.45) is 0 Å².